The Hall–Kier alpha value is -1.54. The summed E-state index contributed by atoms with van der Waals surface area (Å²) in [5.41, 5.74) is 1.97. The van der Waals surface area contributed by atoms with Gasteiger partial charge in [-0.3, -0.25) is 0 Å². The van der Waals surface area contributed by atoms with E-state index in [4.69, 9.17) is 19.3 Å². The third kappa shape index (κ3) is 6.58. The van der Waals surface area contributed by atoms with E-state index in [1.54, 1.807) is 7.11 Å². The van der Waals surface area contributed by atoms with Crippen molar-refractivity contribution in [2.75, 3.05) is 40.1 Å². The predicted molar refractivity (Wildman–Crippen MR) is 77.9 cm³/mol. The highest BCUT2D eigenvalue weighted by Crippen LogP contribution is 2.19. The first-order chi connectivity index (χ1) is 9.77. The van der Waals surface area contributed by atoms with Gasteiger partial charge in [-0.25, -0.2) is 0 Å². The Bertz CT molecular complexity index is 446. The maximum absolute atomic E-state index is 8.75. The van der Waals surface area contributed by atoms with Crippen molar-refractivity contribution in [3.8, 4) is 17.6 Å². The van der Waals surface area contributed by atoms with E-state index < -0.39 is 0 Å². The standard InChI is InChI=1S/C16H22O4/c1-14-6-7-16(15(13-14)5-3-4-8-17)20-12-11-19-10-9-18-2/h6-7,13,17H,4,8-12H2,1-2H3. The van der Waals surface area contributed by atoms with Crippen LogP contribution in [-0.4, -0.2) is 45.3 Å². The number of aliphatic hydroxyl groups excluding tert-OH is 1. The molecule has 0 unspecified atom stereocenters. The van der Waals surface area contributed by atoms with Gasteiger partial charge in [0.15, 0.2) is 0 Å². The third-order valence-corrected chi connectivity index (χ3v) is 2.51. The predicted octanol–water partition coefficient (Wildman–Crippen LogP) is 1.77. The molecule has 0 spiro atoms. The second-order valence-electron chi connectivity index (χ2n) is 4.23. The topological polar surface area (TPSA) is 47.9 Å². The molecular weight excluding hydrogens is 256 g/mol. The molecule has 110 valence electrons. The van der Waals surface area contributed by atoms with E-state index in [1.807, 2.05) is 25.1 Å². The maximum atomic E-state index is 8.75. The molecule has 0 aliphatic carbocycles. The summed E-state index contributed by atoms with van der Waals surface area (Å²) in [6.45, 7) is 4.22. The molecule has 1 N–H and O–H groups in total. The SMILES string of the molecule is COCCOCCOc1ccc(C)cc1C#CCCO. The number of methoxy groups -OCH3 is 1. The molecule has 1 aromatic rings. The van der Waals surface area contributed by atoms with Crippen LogP contribution in [0.5, 0.6) is 5.75 Å². The molecule has 0 saturated carbocycles. The molecule has 0 saturated heterocycles. The molecule has 0 aliphatic rings. The van der Waals surface area contributed by atoms with Crippen LogP contribution in [0.25, 0.3) is 0 Å². The Morgan fingerprint density at radius 1 is 1.15 bits per heavy atom. The largest absolute Gasteiger partial charge is 0.490 e. The fraction of sp³-hybridized carbons (Fsp3) is 0.500. The van der Waals surface area contributed by atoms with Gasteiger partial charge in [0.25, 0.3) is 0 Å². The molecule has 0 aliphatic heterocycles. The van der Waals surface area contributed by atoms with Crippen LogP contribution in [0.2, 0.25) is 0 Å². The number of hydrogen-bond acceptors (Lipinski definition) is 4. The van der Waals surface area contributed by atoms with Crippen molar-refractivity contribution in [3.05, 3.63) is 29.3 Å². The molecule has 1 aromatic carbocycles. The van der Waals surface area contributed by atoms with Gasteiger partial charge in [-0.2, -0.15) is 0 Å². The lowest BCUT2D eigenvalue weighted by molar-refractivity contribution is 0.0544. The van der Waals surface area contributed by atoms with Crippen LogP contribution >= 0.6 is 0 Å². The van der Waals surface area contributed by atoms with Crippen LogP contribution in [0.3, 0.4) is 0 Å². The molecule has 4 heteroatoms. The van der Waals surface area contributed by atoms with Gasteiger partial charge in [0.1, 0.15) is 12.4 Å². The minimum Gasteiger partial charge on any atom is -0.490 e. The van der Waals surface area contributed by atoms with E-state index >= 15 is 0 Å². The number of benzene rings is 1. The van der Waals surface area contributed by atoms with Gasteiger partial charge in [0.2, 0.25) is 0 Å². The first kappa shape index (κ1) is 16.5. The highest BCUT2D eigenvalue weighted by Gasteiger charge is 2.01. The molecule has 0 bridgehead atoms. The molecule has 0 radical (unpaired) electrons. The molecule has 0 amide bonds. The van der Waals surface area contributed by atoms with Gasteiger partial charge in [0.05, 0.1) is 32.0 Å². The number of aryl methyl sites for hydroxylation is 1. The first-order valence-electron chi connectivity index (χ1n) is 6.67. The van der Waals surface area contributed by atoms with E-state index in [2.05, 4.69) is 11.8 Å². The first-order valence-corrected chi connectivity index (χ1v) is 6.67. The Kier molecular flexibility index (Phi) is 8.48. The van der Waals surface area contributed by atoms with Gasteiger partial charge >= 0.3 is 0 Å². The van der Waals surface area contributed by atoms with E-state index in [0.717, 1.165) is 16.9 Å². The van der Waals surface area contributed by atoms with Crippen molar-refractivity contribution in [1.29, 1.82) is 0 Å². The smallest absolute Gasteiger partial charge is 0.135 e. The molecule has 1 rings (SSSR count). The van der Waals surface area contributed by atoms with Crippen LogP contribution in [-0.2, 0) is 9.47 Å². The highest BCUT2D eigenvalue weighted by molar-refractivity contribution is 5.48. The van der Waals surface area contributed by atoms with E-state index in [-0.39, 0.29) is 6.61 Å². The van der Waals surface area contributed by atoms with Crippen molar-refractivity contribution in [2.24, 2.45) is 0 Å². The Balaban J connectivity index is 2.50. The van der Waals surface area contributed by atoms with Crippen LogP contribution in [0.4, 0.5) is 0 Å². The van der Waals surface area contributed by atoms with Crippen LogP contribution < -0.4 is 4.74 Å². The average molecular weight is 278 g/mol. The summed E-state index contributed by atoms with van der Waals surface area (Å²) in [5.74, 6) is 6.68. The number of aliphatic hydroxyl groups is 1. The normalized spacial score (nSPS) is 9.95. The number of ether oxygens (including phenoxy) is 3. The van der Waals surface area contributed by atoms with E-state index in [9.17, 15) is 0 Å². The van der Waals surface area contributed by atoms with Crippen molar-refractivity contribution < 1.29 is 19.3 Å². The van der Waals surface area contributed by atoms with Crippen LogP contribution in [0.1, 0.15) is 17.5 Å². The molecule has 20 heavy (non-hydrogen) atoms. The molecular formula is C16H22O4. The summed E-state index contributed by atoms with van der Waals surface area (Å²) in [6.07, 6.45) is 0.466. The quantitative estimate of drug-likeness (QED) is 0.581. The minimum absolute atomic E-state index is 0.0718. The Morgan fingerprint density at radius 3 is 2.70 bits per heavy atom. The van der Waals surface area contributed by atoms with Gasteiger partial charge in [0, 0.05) is 13.5 Å². The monoisotopic (exact) mass is 278 g/mol. The zero-order valence-corrected chi connectivity index (χ0v) is 12.1. The van der Waals surface area contributed by atoms with Crippen molar-refractivity contribution in [3.63, 3.8) is 0 Å². The second-order valence-corrected chi connectivity index (χ2v) is 4.23. The van der Waals surface area contributed by atoms with Gasteiger partial charge in [-0.1, -0.05) is 17.9 Å². The second kappa shape index (κ2) is 10.3. The summed E-state index contributed by atoms with van der Waals surface area (Å²) >= 11 is 0. The minimum atomic E-state index is 0.0718. The van der Waals surface area contributed by atoms with Crippen molar-refractivity contribution >= 4 is 0 Å². The summed E-state index contributed by atoms with van der Waals surface area (Å²) < 4.78 is 15.9. The third-order valence-electron chi connectivity index (χ3n) is 2.51. The van der Waals surface area contributed by atoms with Crippen LogP contribution in [0, 0.1) is 18.8 Å². The molecule has 0 fully saturated rings. The lowest BCUT2D eigenvalue weighted by Crippen LogP contribution is -2.10. The Labute approximate surface area is 120 Å². The molecule has 0 atom stereocenters. The summed E-state index contributed by atoms with van der Waals surface area (Å²) in [5, 5.41) is 8.75. The molecule has 0 aromatic heterocycles. The van der Waals surface area contributed by atoms with Crippen LogP contribution in [0.15, 0.2) is 18.2 Å². The van der Waals surface area contributed by atoms with E-state index in [0.29, 0.717) is 32.8 Å². The van der Waals surface area contributed by atoms with Gasteiger partial charge in [-0.05, 0) is 24.6 Å². The lowest BCUT2D eigenvalue weighted by atomic mass is 10.1. The molecule has 0 heterocycles. The summed E-state index contributed by atoms with van der Waals surface area (Å²) in [6, 6.07) is 5.87. The van der Waals surface area contributed by atoms with Crippen molar-refractivity contribution in [2.45, 2.75) is 13.3 Å². The van der Waals surface area contributed by atoms with Gasteiger partial charge in [-0.15, -0.1) is 0 Å². The lowest BCUT2D eigenvalue weighted by Gasteiger charge is -2.09. The van der Waals surface area contributed by atoms with Crippen molar-refractivity contribution in [1.82, 2.24) is 0 Å². The molecule has 4 nitrogen and oxygen atoms in total. The van der Waals surface area contributed by atoms with Gasteiger partial charge < -0.3 is 19.3 Å². The highest BCUT2D eigenvalue weighted by atomic mass is 16.5. The fourth-order valence-corrected chi connectivity index (χ4v) is 1.54. The zero-order valence-electron chi connectivity index (χ0n) is 12.1. The zero-order chi connectivity index (χ0) is 14.6. The summed E-state index contributed by atoms with van der Waals surface area (Å²) in [4.78, 5) is 0. The average Bonchev–Trinajstić information content (AvgIpc) is 2.45. The summed E-state index contributed by atoms with van der Waals surface area (Å²) in [7, 11) is 1.64. The van der Waals surface area contributed by atoms with E-state index in [1.165, 1.54) is 0 Å². The fourth-order valence-electron chi connectivity index (χ4n) is 1.54. The number of rotatable bonds is 8. The maximum Gasteiger partial charge on any atom is 0.135 e. The number of hydrogen-bond donors (Lipinski definition) is 1. The Morgan fingerprint density at radius 2 is 1.95 bits per heavy atom.